The van der Waals surface area contributed by atoms with Crippen LogP contribution in [-0.4, -0.2) is 30.0 Å². The molecular formula is C25H25F3N2O4. The minimum absolute atomic E-state index is 0.0449. The zero-order chi connectivity index (χ0) is 24.7. The molecule has 0 fully saturated rings. The molecule has 180 valence electrons. The second-order valence-corrected chi connectivity index (χ2v) is 7.51. The zero-order valence-electron chi connectivity index (χ0n) is 19.0. The summed E-state index contributed by atoms with van der Waals surface area (Å²) in [6.45, 7) is 6.33. The minimum atomic E-state index is -4.75. The van der Waals surface area contributed by atoms with Gasteiger partial charge in [-0.15, -0.1) is 13.2 Å². The lowest BCUT2D eigenvalue weighted by atomic mass is 10.1. The Morgan fingerprint density at radius 3 is 2.12 bits per heavy atom. The highest BCUT2D eigenvalue weighted by molar-refractivity contribution is 6.05. The number of carbonyl (C=O) groups excluding carboxylic acids is 1. The fraction of sp³-hybridized carbons (Fsp3) is 0.280. The molecule has 1 heterocycles. The summed E-state index contributed by atoms with van der Waals surface area (Å²) < 4.78 is 51.7. The van der Waals surface area contributed by atoms with Crippen molar-refractivity contribution in [3.05, 3.63) is 77.6 Å². The van der Waals surface area contributed by atoms with E-state index in [2.05, 4.69) is 15.0 Å². The highest BCUT2D eigenvalue weighted by Gasteiger charge is 2.31. The first-order valence-electron chi connectivity index (χ1n) is 10.7. The number of rotatable bonds is 9. The van der Waals surface area contributed by atoms with Crippen molar-refractivity contribution in [3.63, 3.8) is 0 Å². The van der Waals surface area contributed by atoms with Gasteiger partial charge in [-0.3, -0.25) is 9.78 Å². The molecule has 0 aliphatic heterocycles. The van der Waals surface area contributed by atoms with E-state index in [4.69, 9.17) is 9.47 Å². The predicted molar refractivity (Wildman–Crippen MR) is 121 cm³/mol. The first-order valence-corrected chi connectivity index (χ1v) is 10.7. The summed E-state index contributed by atoms with van der Waals surface area (Å²) in [4.78, 5) is 17.2. The van der Waals surface area contributed by atoms with Gasteiger partial charge in [0.15, 0.2) is 0 Å². The van der Waals surface area contributed by atoms with Crippen LogP contribution in [0.3, 0.4) is 0 Å². The topological polar surface area (TPSA) is 69.7 Å². The van der Waals surface area contributed by atoms with Crippen molar-refractivity contribution in [2.24, 2.45) is 0 Å². The minimum Gasteiger partial charge on any atom is -0.457 e. The predicted octanol–water partition coefficient (Wildman–Crippen LogP) is 6.30. The number of aromatic nitrogens is 1. The number of hydrogen-bond donors (Lipinski definition) is 1. The molecular weight excluding hydrogens is 449 g/mol. The summed E-state index contributed by atoms with van der Waals surface area (Å²) >= 11 is 0. The van der Waals surface area contributed by atoms with Gasteiger partial charge in [0.25, 0.3) is 5.91 Å². The van der Waals surface area contributed by atoms with Crippen LogP contribution in [0, 0.1) is 6.92 Å². The maximum atomic E-state index is 12.7. The summed E-state index contributed by atoms with van der Waals surface area (Å²) in [5.41, 5.74) is 2.50. The summed E-state index contributed by atoms with van der Waals surface area (Å²) in [6, 6.07) is 15.2. The molecule has 34 heavy (non-hydrogen) atoms. The van der Waals surface area contributed by atoms with Gasteiger partial charge >= 0.3 is 6.36 Å². The lowest BCUT2D eigenvalue weighted by molar-refractivity contribution is -0.274. The monoisotopic (exact) mass is 474 g/mol. The number of pyridine rings is 1. The van der Waals surface area contributed by atoms with Crippen LogP contribution in [0.25, 0.3) is 0 Å². The first-order chi connectivity index (χ1) is 16.1. The van der Waals surface area contributed by atoms with Crippen molar-refractivity contribution in [1.29, 1.82) is 0 Å². The average molecular weight is 474 g/mol. The van der Waals surface area contributed by atoms with Gasteiger partial charge in [0.05, 0.1) is 17.4 Å². The number of hydrogen-bond acceptors (Lipinski definition) is 5. The molecule has 1 N–H and O–H groups in total. The first kappa shape index (κ1) is 25.0. The van der Waals surface area contributed by atoms with E-state index in [9.17, 15) is 18.0 Å². The molecule has 1 unspecified atom stereocenters. The Bertz CT molecular complexity index is 1100. The van der Waals surface area contributed by atoms with Crippen LogP contribution in [0.2, 0.25) is 0 Å². The molecule has 6 nitrogen and oxygen atoms in total. The largest absolute Gasteiger partial charge is 0.573 e. The van der Waals surface area contributed by atoms with Crippen LogP contribution in [0.1, 0.15) is 35.6 Å². The van der Waals surface area contributed by atoms with Crippen LogP contribution >= 0.6 is 0 Å². The highest BCUT2D eigenvalue weighted by atomic mass is 19.4. The summed E-state index contributed by atoms with van der Waals surface area (Å²) in [5.74, 6) is 0.169. The molecule has 3 rings (SSSR count). The number of aryl methyl sites for hydroxylation is 1. The molecule has 1 amide bonds. The number of nitrogens with one attached hydrogen (secondary N) is 1. The maximum Gasteiger partial charge on any atom is 0.573 e. The van der Waals surface area contributed by atoms with E-state index in [1.54, 1.807) is 37.3 Å². The van der Waals surface area contributed by atoms with E-state index in [0.29, 0.717) is 41.5 Å². The van der Waals surface area contributed by atoms with Crippen molar-refractivity contribution < 1.29 is 32.2 Å². The second kappa shape index (κ2) is 11.0. The van der Waals surface area contributed by atoms with Gasteiger partial charge in [-0.05, 0) is 81.4 Å². The lowest BCUT2D eigenvalue weighted by Gasteiger charge is -2.13. The third-order valence-corrected chi connectivity index (χ3v) is 4.74. The SMILES string of the molecule is CCOC(C)Cc1ccc(C(=O)Nc2ccc(Oc3ccc(OC(F)(F)F)cc3)cc2)c(C)n1. The molecule has 0 aliphatic carbocycles. The molecule has 9 heteroatoms. The normalized spacial score (nSPS) is 12.2. The van der Waals surface area contributed by atoms with Gasteiger partial charge in [0.1, 0.15) is 17.2 Å². The van der Waals surface area contributed by atoms with E-state index in [-0.39, 0.29) is 17.8 Å². The number of carbonyl (C=O) groups is 1. The Morgan fingerprint density at radius 1 is 0.971 bits per heavy atom. The third-order valence-electron chi connectivity index (χ3n) is 4.74. The van der Waals surface area contributed by atoms with E-state index in [1.807, 2.05) is 19.9 Å². The van der Waals surface area contributed by atoms with Gasteiger partial charge in [-0.2, -0.15) is 0 Å². The quantitative estimate of drug-likeness (QED) is 0.394. The molecule has 0 bridgehead atoms. The van der Waals surface area contributed by atoms with Crippen LogP contribution in [0.4, 0.5) is 18.9 Å². The standard InChI is InChI=1S/C25H25F3N2O4/c1-4-32-16(2)15-19-7-14-23(17(3)29-19)24(31)30-18-5-8-20(9-6-18)33-21-10-12-22(13-11-21)34-25(26,27)28/h5-14,16H,4,15H2,1-3H3,(H,30,31). The maximum absolute atomic E-state index is 12.7. The van der Waals surface area contributed by atoms with Crippen molar-refractivity contribution in [2.45, 2.75) is 39.7 Å². The zero-order valence-corrected chi connectivity index (χ0v) is 19.0. The van der Waals surface area contributed by atoms with Gasteiger partial charge in [0.2, 0.25) is 0 Å². The second-order valence-electron chi connectivity index (χ2n) is 7.51. The Kier molecular flexibility index (Phi) is 8.12. The molecule has 0 saturated carbocycles. The van der Waals surface area contributed by atoms with Gasteiger partial charge in [0, 0.05) is 24.4 Å². The van der Waals surface area contributed by atoms with Gasteiger partial charge < -0.3 is 19.5 Å². The third kappa shape index (κ3) is 7.48. The molecule has 3 aromatic rings. The number of anilines is 1. The number of ether oxygens (including phenoxy) is 3. The van der Waals surface area contributed by atoms with E-state index in [1.165, 1.54) is 12.1 Å². The van der Waals surface area contributed by atoms with E-state index >= 15 is 0 Å². The molecule has 2 aromatic carbocycles. The number of benzene rings is 2. The fourth-order valence-corrected chi connectivity index (χ4v) is 3.25. The van der Waals surface area contributed by atoms with Gasteiger partial charge in [-0.25, -0.2) is 0 Å². The molecule has 1 aromatic heterocycles. The number of alkyl halides is 3. The lowest BCUT2D eigenvalue weighted by Crippen LogP contribution is -2.16. The van der Waals surface area contributed by atoms with Crippen molar-refractivity contribution in [1.82, 2.24) is 4.98 Å². The number of amides is 1. The van der Waals surface area contributed by atoms with E-state index < -0.39 is 6.36 Å². The number of halogens is 3. The Morgan fingerprint density at radius 2 is 1.56 bits per heavy atom. The van der Waals surface area contributed by atoms with Crippen LogP contribution < -0.4 is 14.8 Å². The van der Waals surface area contributed by atoms with Crippen molar-refractivity contribution in [2.75, 3.05) is 11.9 Å². The van der Waals surface area contributed by atoms with Crippen LogP contribution in [0.5, 0.6) is 17.2 Å². The van der Waals surface area contributed by atoms with Crippen LogP contribution in [-0.2, 0) is 11.2 Å². The van der Waals surface area contributed by atoms with E-state index in [0.717, 1.165) is 17.8 Å². The molecule has 0 saturated heterocycles. The molecule has 0 radical (unpaired) electrons. The Labute approximate surface area is 195 Å². The average Bonchev–Trinajstić information content (AvgIpc) is 2.75. The van der Waals surface area contributed by atoms with Gasteiger partial charge in [-0.1, -0.05) is 0 Å². The highest BCUT2D eigenvalue weighted by Crippen LogP contribution is 2.28. The number of nitrogens with zero attached hydrogens (tertiary/aromatic N) is 1. The van der Waals surface area contributed by atoms with Crippen molar-refractivity contribution >= 4 is 11.6 Å². The summed E-state index contributed by atoms with van der Waals surface area (Å²) in [7, 11) is 0. The fourth-order valence-electron chi connectivity index (χ4n) is 3.25. The van der Waals surface area contributed by atoms with Crippen molar-refractivity contribution in [3.8, 4) is 17.2 Å². The Hall–Kier alpha value is -3.59. The smallest absolute Gasteiger partial charge is 0.457 e. The Balaban J connectivity index is 1.58. The molecule has 1 atom stereocenters. The summed E-state index contributed by atoms with van der Waals surface area (Å²) in [6.07, 6.45) is -4.04. The molecule has 0 spiro atoms. The van der Waals surface area contributed by atoms with Crippen LogP contribution in [0.15, 0.2) is 60.7 Å². The molecule has 0 aliphatic rings. The summed E-state index contributed by atoms with van der Waals surface area (Å²) in [5, 5.41) is 2.82.